The fourth-order valence-electron chi connectivity index (χ4n) is 1.47. The average Bonchev–Trinajstić information content (AvgIpc) is 2.39. The van der Waals surface area contributed by atoms with Crippen molar-refractivity contribution in [3.8, 4) is 17.3 Å². The number of nitrogens with zero attached hydrogens (tertiary/aromatic N) is 2. The first-order chi connectivity index (χ1) is 7.85. The molecule has 1 aromatic carbocycles. The van der Waals surface area contributed by atoms with Crippen LogP contribution in [0.1, 0.15) is 11.1 Å². The summed E-state index contributed by atoms with van der Waals surface area (Å²) in [5, 5.41) is 8.98. The van der Waals surface area contributed by atoms with Crippen molar-refractivity contribution in [2.75, 3.05) is 0 Å². The predicted octanol–water partition coefficient (Wildman–Crippen LogP) is 3.36. The largest absolute Gasteiger partial charge is 0.256 e. The molecule has 0 N–H and O–H groups in total. The molecule has 0 aliphatic carbocycles. The molecule has 0 atom stereocenters. The second-order valence-corrected chi connectivity index (χ2v) is 3.61. The van der Waals surface area contributed by atoms with Gasteiger partial charge >= 0.3 is 0 Å². The molecule has 0 unspecified atom stereocenters. The highest BCUT2D eigenvalue weighted by Crippen LogP contribution is 2.21. The van der Waals surface area contributed by atoms with E-state index in [4.69, 9.17) is 16.9 Å². The van der Waals surface area contributed by atoms with Crippen LogP contribution in [0.15, 0.2) is 42.6 Å². The molecule has 2 nitrogen and oxygen atoms in total. The van der Waals surface area contributed by atoms with Gasteiger partial charge in [-0.3, -0.25) is 4.98 Å². The van der Waals surface area contributed by atoms with Gasteiger partial charge in [-0.2, -0.15) is 5.26 Å². The predicted molar refractivity (Wildman–Crippen MR) is 63.9 cm³/mol. The first kappa shape index (κ1) is 10.7. The summed E-state index contributed by atoms with van der Waals surface area (Å²) in [6.07, 6.45) is 1.73. The number of benzene rings is 1. The second-order valence-electron chi connectivity index (χ2n) is 3.34. The lowest BCUT2D eigenvalue weighted by molar-refractivity contribution is 1.25. The van der Waals surface area contributed by atoms with E-state index in [9.17, 15) is 0 Å². The van der Waals surface area contributed by atoms with Gasteiger partial charge in [0, 0.05) is 17.6 Å². The van der Waals surface area contributed by atoms with Gasteiger partial charge in [0.15, 0.2) is 0 Å². The van der Waals surface area contributed by atoms with Crippen LogP contribution >= 0.6 is 11.6 Å². The number of hydrogen-bond donors (Lipinski definition) is 0. The van der Waals surface area contributed by atoms with Gasteiger partial charge in [0.25, 0.3) is 0 Å². The van der Waals surface area contributed by atoms with Crippen molar-refractivity contribution in [1.29, 1.82) is 5.26 Å². The zero-order chi connectivity index (χ0) is 11.4. The van der Waals surface area contributed by atoms with E-state index in [1.807, 2.05) is 30.3 Å². The first-order valence-corrected chi connectivity index (χ1v) is 5.39. The Morgan fingerprint density at radius 1 is 1.19 bits per heavy atom. The van der Waals surface area contributed by atoms with E-state index in [-0.39, 0.29) is 0 Å². The number of rotatable bonds is 2. The summed E-state index contributed by atoms with van der Waals surface area (Å²) in [5.74, 6) is 0.452. The molecule has 0 amide bonds. The van der Waals surface area contributed by atoms with Gasteiger partial charge in [0.1, 0.15) is 0 Å². The number of hydrogen-bond acceptors (Lipinski definition) is 2. The summed E-state index contributed by atoms with van der Waals surface area (Å²) < 4.78 is 0. The van der Waals surface area contributed by atoms with Crippen LogP contribution in [0, 0.1) is 11.3 Å². The Bertz CT molecular complexity index is 526. The molecule has 3 heteroatoms. The molecule has 0 fully saturated rings. The summed E-state index contributed by atoms with van der Waals surface area (Å²) >= 11 is 5.69. The topological polar surface area (TPSA) is 36.7 Å². The monoisotopic (exact) mass is 228 g/mol. The first-order valence-electron chi connectivity index (χ1n) is 4.85. The Morgan fingerprint density at radius 3 is 2.62 bits per heavy atom. The standard InChI is InChI=1S/C13H9ClN2/c14-7-10-5-6-13(16-9-10)12-4-2-1-3-11(12)8-15/h1-6,9H,7H2. The average molecular weight is 229 g/mol. The molecule has 0 saturated carbocycles. The Labute approximate surface area is 99.1 Å². The highest BCUT2D eigenvalue weighted by atomic mass is 35.5. The van der Waals surface area contributed by atoms with Crippen LogP contribution in [-0.2, 0) is 5.88 Å². The Hall–Kier alpha value is -1.85. The Kier molecular flexibility index (Phi) is 3.19. The van der Waals surface area contributed by atoms with Crippen LogP contribution in [0.4, 0.5) is 0 Å². The van der Waals surface area contributed by atoms with E-state index in [1.54, 1.807) is 12.3 Å². The quantitative estimate of drug-likeness (QED) is 0.739. The lowest BCUT2D eigenvalue weighted by Crippen LogP contribution is -1.88. The summed E-state index contributed by atoms with van der Waals surface area (Å²) in [7, 11) is 0. The molecule has 0 radical (unpaired) electrons. The Balaban J connectivity index is 2.47. The molecule has 1 aromatic heterocycles. The van der Waals surface area contributed by atoms with E-state index >= 15 is 0 Å². The highest BCUT2D eigenvalue weighted by Gasteiger charge is 2.04. The molecule has 1 heterocycles. The molecule has 0 bridgehead atoms. The van der Waals surface area contributed by atoms with Crippen molar-refractivity contribution in [1.82, 2.24) is 4.98 Å². The number of halogens is 1. The molecule has 78 valence electrons. The van der Waals surface area contributed by atoms with Crippen LogP contribution in [0.2, 0.25) is 0 Å². The van der Waals surface area contributed by atoms with Crippen LogP contribution in [0.25, 0.3) is 11.3 Å². The minimum atomic E-state index is 0.452. The van der Waals surface area contributed by atoms with Crippen molar-refractivity contribution in [2.24, 2.45) is 0 Å². The van der Waals surface area contributed by atoms with Crippen molar-refractivity contribution in [3.05, 3.63) is 53.7 Å². The van der Waals surface area contributed by atoms with Gasteiger partial charge in [-0.25, -0.2) is 0 Å². The molecule has 0 saturated heterocycles. The van der Waals surface area contributed by atoms with Gasteiger partial charge in [-0.1, -0.05) is 24.3 Å². The zero-order valence-corrected chi connectivity index (χ0v) is 9.28. The third kappa shape index (κ3) is 2.05. The normalized spacial score (nSPS) is 9.75. The highest BCUT2D eigenvalue weighted by molar-refractivity contribution is 6.17. The van der Waals surface area contributed by atoms with E-state index in [0.29, 0.717) is 11.4 Å². The zero-order valence-electron chi connectivity index (χ0n) is 8.52. The van der Waals surface area contributed by atoms with Crippen LogP contribution in [0.5, 0.6) is 0 Å². The molecule has 2 aromatic rings. The van der Waals surface area contributed by atoms with E-state index in [2.05, 4.69) is 11.1 Å². The summed E-state index contributed by atoms with van der Waals surface area (Å²) in [6.45, 7) is 0. The van der Waals surface area contributed by atoms with Gasteiger partial charge in [0.05, 0.1) is 17.3 Å². The Morgan fingerprint density at radius 2 is 2.00 bits per heavy atom. The molecule has 2 rings (SSSR count). The number of alkyl halides is 1. The molecule has 0 aliphatic rings. The van der Waals surface area contributed by atoms with Crippen molar-refractivity contribution < 1.29 is 0 Å². The van der Waals surface area contributed by atoms with Crippen molar-refractivity contribution >= 4 is 11.6 Å². The molecule has 0 spiro atoms. The minimum Gasteiger partial charge on any atom is -0.256 e. The summed E-state index contributed by atoms with van der Waals surface area (Å²) in [5.41, 5.74) is 3.26. The maximum Gasteiger partial charge on any atom is 0.0998 e. The fourth-order valence-corrected chi connectivity index (χ4v) is 1.62. The number of nitriles is 1. The van der Waals surface area contributed by atoms with Gasteiger partial charge in [-0.05, 0) is 17.7 Å². The van der Waals surface area contributed by atoms with Gasteiger partial charge in [0.2, 0.25) is 0 Å². The minimum absolute atomic E-state index is 0.452. The van der Waals surface area contributed by atoms with Crippen LogP contribution in [0.3, 0.4) is 0 Å². The smallest absolute Gasteiger partial charge is 0.0998 e. The summed E-state index contributed by atoms with van der Waals surface area (Å²) in [4.78, 5) is 4.29. The van der Waals surface area contributed by atoms with E-state index in [0.717, 1.165) is 16.8 Å². The van der Waals surface area contributed by atoms with E-state index in [1.165, 1.54) is 0 Å². The molecule has 0 aliphatic heterocycles. The second kappa shape index (κ2) is 4.78. The molecular weight excluding hydrogens is 220 g/mol. The lowest BCUT2D eigenvalue weighted by Gasteiger charge is -2.03. The van der Waals surface area contributed by atoms with Gasteiger partial charge in [-0.15, -0.1) is 11.6 Å². The molecule has 16 heavy (non-hydrogen) atoms. The number of aromatic nitrogens is 1. The SMILES string of the molecule is N#Cc1ccccc1-c1ccc(CCl)cn1. The lowest BCUT2D eigenvalue weighted by atomic mass is 10.0. The van der Waals surface area contributed by atoms with Crippen LogP contribution < -0.4 is 0 Å². The third-order valence-corrected chi connectivity index (χ3v) is 2.61. The fraction of sp³-hybridized carbons (Fsp3) is 0.0769. The van der Waals surface area contributed by atoms with Crippen molar-refractivity contribution in [3.63, 3.8) is 0 Å². The van der Waals surface area contributed by atoms with Gasteiger partial charge < -0.3 is 0 Å². The molecular formula is C13H9ClN2. The maximum atomic E-state index is 8.98. The van der Waals surface area contributed by atoms with E-state index < -0.39 is 0 Å². The van der Waals surface area contributed by atoms with Crippen molar-refractivity contribution in [2.45, 2.75) is 5.88 Å². The maximum absolute atomic E-state index is 8.98. The number of pyridine rings is 1. The van der Waals surface area contributed by atoms with Crippen LogP contribution in [-0.4, -0.2) is 4.98 Å². The summed E-state index contributed by atoms with van der Waals surface area (Å²) in [6, 6.07) is 13.4. The third-order valence-electron chi connectivity index (χ3n) is 2.30.